The molecule has 2 aromatic rings. The van der Waals surface area contributed by atoms with Gasteiger partial charge in [0, 0.05) is 0 Å². The Labute approximate surface area is 161 Å². The zero-order valence-corrected chi connectivity index (χ0v) is 17.3. The van der Waals surface area contributed by atoms with Crippen LogP contribution in [0.5, 0.6) is 0 Å². The molecule has 13 heteroatoms. The van der Waals surface area contributed by atoms with E-state index in [1.807, 2.05) is 0 Å². The fourth-order valence-corrected chi connectivity index (χ4v) is 3.17. The van der Waals surface area contributed by atoms with Crippen LogP contribution in [0.15, 0.2) is 11.1 Å². The lowest BCUT2D eigenvalue weighted by Crippen LogP contribution is -2.19. The van der Waals surface area contributed by atoms with Crippen molar-refractivity contribution in [2.24, 2.45) is 0 Å². The third-order valence-corrected chi connectivity index (χ3v) is 4.25. The summed E-state index contributed by atoms with van der Waals surface area (Å²) in [5, 5.41) is 0. The van der Waals surface area contributed by atoms with Crippen molar-refractivity contribution in [2.45, 2.75) is 59.5 Å². The minimum atomic E-state index is -3.82. The van der Waals surface area contributed by atoms with Gasteiger partial charge in [0.1, 0.15) is 0 Å². The molecular formula is C15H26N5O7P. The van der Waals surface area contributed by atoms with Gasteiger partial charge in [0.15, 0.2) is 17.5 Å². The number of imidazole rings is 1. The Kier molecular flexibility index (Phi) is 7.70. The fourth-order valence-electron chi connectivity index (χ4n) is 2.01. The van der Waals surface area contributed by atoms with Crippen LogP contribution in [0.3, 0.4) is 0 Å². The lowest BCUT2D eigenvalue weighted by atomic mass is 10.4. The van der Waals surface area contributed by atoms with E-state index in [9.17, 15) is 9.36 Å². The molecular weight excluding hydrogens is 393 g/mol. The zero-order chi connectivity index (χ0) is 20.9. The van der Waals surface area contributed by atoms with Gasteiger partial charge in [0.25, 0.3) is 5.56 Å². The molecule has 0 saturated heterocycles. The van der Waals surface area contributed by atoms with Crippen molar-refractivity contribution in [2.75, 3.05) is 12.1 Å². The quantitative estimate of drug-likeness (QED) is 0.314. The predicted molar refractivity (Wildman–Crippen MR) is 100 cm³/mol. The highest BCUT2D eigenvalue weighted by atomic mass is 31.2. The van der Waals surface area contributed by atoms with Gasteiger partial charge in [-0.05, 0) is 34.6 Å². The van der Waals surface area contributed by atoms with E-state index in [1.165, 1.54) is 6.33 Å². The molecule has 28 heavy (non-hydrogen) atoms. The van der Waals surface area contributed by atoms with Gasteiger partial charge in [-0.3, -0.25) is 14.3 Å². The van der Waals surface area contributed by atoms with E-state index in [0.29, 0.717) is 5.65 Å². The van der Waals surface area contributed by atoms with E-state index >= 15 is 0 Å². The van der Waals surface area contributed by atoms with Crippen LogP contribution in [-0.2, 0) is 35.0 Å². The van der Waals surface area contributed by atoms with E-state index in [0.717, 1.165) is 0 Å². The van der Waals surface area contributed by atoms with Crippen LogP contribution in [0.1, 0.15) is 34.6 Å². The first-order valence-corrected chi connectivity index (χ1v) is 10.4. The average Bonchev–Trinajstić information content (AvgIpc) is 3.00. The average molecular weight is 419 g/mol. The molecule has 0 amide bonds. The topological polar surface area (TPSA) is 153 Å². The number of fused-ring (bicyclic) bond motifs is 1. The Bertz CT molecular complexity index is 865. The van der Waals surface area contributed by atoms with Crippen molar-refractivity contribution in [3.8, 4) is 0 Å². The Balaban J connectivity index is 2.03. The SMILES string of the molecule is CC(C)OOP(=O)(CO[C@@H](C)Cn1cnc2c(=O)[nH]c(N)nc21)OOC(C)C. The number of nitrogens with two attached hydrogens (primary N) is 1. The Morgan fingerprint density at radius 3 is 2.36 bits per heavy atom. The van der Waals surface area contributed by atoms with Crippen LogP contribution in [0.4, 0.5) is 5.95 Å². The van der Waals surface area contributed by atoms with Crippen molar-refractivity contribution in [1.82, 2.24) is 19.5 Å². The third kappa shape index (κ3) is 6.36. The van der Waals surface area contributed by atoms with Crippen molar-refractivity contribution < 1.29 is 28.4 Å². The van der Waals surface area contributed by atoms with E-state index in [1.54, 1.807) is 39.2 Å². The summed E-state index contributed by atoms with van der Waals surface area (Å²) in [6.45, 7) is 8.84. The van der Waals surface area contributed by atoms with Crippen LogP contribution in [0.25, 0.3) is 11.2 Å². The van der Waals surface area contributed by atoms with Crippen LogP contribution in [0.2, 0.25) is 0 Å². The normalized spacial score (nSPS) is 13.7. The smallest absolute Gasteiger partial charge is 0.369 e. The number of aromatic nitrogens is 4. The zero-order valence-electron chi connectivity index (χ0n) is 16.4. The summed E-state index contributed by atoms with van der Waals surface area (Å²) in [5.41, 5.74) is 5.63. The van der Waals surface area contributed by atoms with Crippen LogP contribution >= 0.6 is 7.60 Å². The second-order valence-corrected chi connectivity index (χ2v) is 8.45. The Morgan fingerprint density at radius 2 is 1.79 bits per heavy atom. The summed E-state index contributed by atoms with van der Waals surface area (Å²) in [6, 6.07) is 0. The Morgan fingerprint density at radius 1 is 1.18 bits per heavy atom. The van der Waals surface area contributed by atoms with Gasteiger partial charge in [-0.2, -0.15) is 4.98 Å². The molecule has 0 aliphatic carbocycles. The van der Waals surface area contributed by atoms with Crippen molar-refractivity contribution in [1.29, 1.82) is 0 Å². The standard InChI is InChI=1S/C15H26N5O7P/c1-9(2)24-26-28(22,27-25-10(3)4)8-23-11(5)6-20-7-17-12-13(20)18-15(16)19-14(12)21/h7,9-11H,6,8H2,1-5H3,(H3,16,18,19,21)/t11-/m0/s1. The van der Waals surface area contributed by atoms with Gasteiger partial charge < -0.3 is 15.0 Å². The molecule has 2 rings (SSSR count). The van der Waals surface area contributed by atoms with Crippen LogP contribution in [-0.4, -0.2) is 44.2 Å². The number of rotatable bonds is 11. The van der Waals surface area contributed by atoms with Crippen LogP contribution in [0, 0.1) is 0 Å². The summed E-state index contributed by atoms with van der Waals surface area (Å²) in [4.78, 5) is 32.2. The summed E-state index contributed by atoms with van der Waals surface area (Å²) in [7, 11) is -3.82. The van der Waals surface area contributed by atoms with Gasteiger partial charge >= 0.3 is 7.60 Å². The second kappa shape index (κ2) is 9.59. The molecule has 0 unspecified atom stereocenters. The number of aromatic amines is 1. The maximum atomic E-state index is 12.7. The molecule has 1 atom stereocenters. The van der Waals surface area contributed by atoms with Crippen LogP contribution < -0.4 is 11.3 Å². The van der Waals surface area contributed by atoms with Gasteiger partial charge in [-0.1, -0.05) is 0 Å². The summed E-state index contributed by atoms with van der Waals surface area (Å²) < 4.78 is 29.7. The molecule has 0 aromatic carbocycles. The predicted octanol–water partition coefficient (Wildman–Crippen LogP) is 1.97. The molecule has 3 N–H and O–H groups in total. The largest absolute Gasteiger partial charge is 0.409 e. The number of hydrogen-bond acceptors (Lipinski definition) is 10. The third-order valence-electron chi connectivity index (χ3n) is 3.16. The summed E-state index contributed by atoms with van der Waals surface area (Å²) >= 11 is 0. The second-order valence-electron chi connectivity index (χ2n) is 6.68. The highest BCUT2D eigenvalue weighted by Gasteiger charge is 2.31. The molecule has 0 bridgehead atoms. The Hall–Kier alpha value is -1.82. The summed E-state index contributed by atoms with van der Waals surface area (Å²) in [5.74, 6) is -0.0178. The van der Waals surface area contributed by atoms with E-state index in [4.69, 9.17) is 29.6 Å². The van der Waals surface area contributed by atoms with Crippen molar-refractivity contribution >= 4 is 24.7 Å². The number of nitrogens with one attached hydrogen (secondary N) is 1. The molecule has 158 valence electrons. The molecule has 12 nitrogen and oxygen atoms in total. The molecule has 0 radical (unpaired) electrons. The highest BCUT2D eigenvalue weighted by molar-refractivity contribution is 7.53. The van der Waals surface area contributed by atoms with Gasteiger partial charge in [-0.25, -0.2) is 14.8 Å². The highest BCUT2D eigenvalue weighted by Crippen LogP contribution is 2.49. The lowest BCUT2D eigenvalue weighted by molar-refractivity contribution is -0.294. The minimum absolute atomic E-state index is 0.0178. The number of nitrogen functional groups attached to an aromatic ring is 1. The fraction of sp³-hybridized carbons (Fsp3) is 0.667. The molecule has 0 fully saturated rings. The number of hydrogen-bond donors (Lipinski definition) is 2. The number of H-pyrrole nitrogens is 1. The molecule has 0 aliphatic heterocycles. The first kappa shape index (κ1) is 22.5. The van der Waals surface area contributed by atoms with Gasteiger partial charge in [0.05, 0.1) is 31.2 Å². The molecule has 2 heterocycles. The molecule has 0 spiro atoms. The lowest BCUT2D eigenvalue weighted by Gasteiger charge is -2.20. The monoisotopic (exact) mass is 419 g/mol. The number of nitrogens with zero attached hydrogens (tertiary/aromatic N) is 3. The van der Waals surface area contributed by atoms with E-state index in [-0.39, 0.29) is 30.2 Å². The first-order chi connectivity index (χ1) is 13.1. The molecule has 2 aromatic heterocycles. The molecule has 0 saturated carbocycles. The number of anilines is 1. The minimum Gasteiger partial charge on any atom is -0.369 e. The van der Waals surface area contributed by atoms with Crippen molar-refractivity contribution in [3.63, 3.8) is 0 Å². The van der Waals surface area contributed by atoms with Gasteiger partial charge in [0.2, 0.25) is 5.95 Å². The number of ether oxygens (including phenoxy) is 1. The van der Waals surface area contributed by atoms with Crippen molar-refractivity contribution in [3.05, 3.63) is 16.7 Å². The molecule has 0 aliphatic rings. The maximum absolute atomic E-state index is 12.7. The maximum Gasteiger partial charge on any atom is 0.409 e. The van der Waals surface area contributed by atoms with E-state index in [2.05, 4.69) is 15.0 Å². The van der Waals surface area contributed by atoms with E-state index < -0.39 is 25.6 Å². The van der Waals surface area contributed by atoms with Gasteiger partial charge in [-0.15, -0.1) is 9.35 Å². The first-order valence-electron chi connectivity index (χ1n) is 8.71. The summed E-state index contributed by atoms with van der Waals surface area (Å²) in [6.07, 6.45) is -0.0853.